The van der Waals surface area contributed by atoms with Crippen molar-refractivity contribution in [3.05, 3.63) is 11.4 Å². The average molecular weight is 285 g/mol. The first-order valence-corrected chi connectivity index (χ1v) is 7.91. The van der Waals surface area contributed by atoms with Crippen LogP contribution in [0, 0.1) is 13.8 Å². The maximum Gasteiger partial charge on any atom is 0.152 e. The highest BCUT2D eigenvalue weighted by atomic mass is 32.2. The first-order chi connectivity index (χ1) is 8.84. The highest BCUT2D eigenvalue weighted by Crippen LogP contribution is 2.27. The minimum Gasteiger partial charge on any atom is -0.355 e. The Kier molecular flexibility index (Phi) is 3.64. The van der Waals surface area contributed by atoms with Gasteiger partial charge in [-0.25, -0.2) is 24.2 Å². The van der Waals surface area contributed by atoms with E-state index < -0.39 is 9.84 Å². The van der Waals surface area contributed by atoms with Gasteiger partial charge in [-0.3, -0.25) is 0 Å². The summed E-state index contributed by atoms with van der Waals surface area (Å²) in [6.45, 7) is 3.65. The van der Waals surface area contributed by atoms with Crippen LogP contribution in [-0.2, 0) is 9.84 Å². The van der Waals surface area contributed by atoms with Gasteiger partial charge < -0.3 is 10.3 Å². The van der Waals surface area contributed by atoms with Crippen LogP contribution in [0.2, 0.25) is 0 Å². The SMILES string of the molecule is Cc1nc(NN)c(C)c(N(C)C2CCS(=O)(=O)C2)n1. The van der Waals surface area contributed by atoms with E-state index in [9.17, 15) is 8.42 Å². The molecule has 0 aliphatic carbocycles. The Labute approximate surface area is 113 Å². The van der Waals surface area contributed by atoms with E-state index in [1.54, 1.807) is 6.92 Å². The number of hydrazine groups is 1. The lowest BCUT2D eigenvalue weighted by atomic mass is 10.2. The van der Waals surface area contributed by atoms with Crippen molar-refractivity contribution in [3.8, 4) is 0 Å². The summed E-state index contributed by atoms with van der Waals surface area (Å²) in [5, 5.41) is 0. The Hall–Kier alpha value is -1.41. The maximum absolute atomic E-state index is 11.6. The minimum absolute atomic E-state index is 0.0383. The molecule has 0 bridgehead atoms. The van der Waals surface area contributed by atoms with Crippen LogP contribution in [-0.4, -0.2) is 43.0 Å². The van der Waals surface area contributed by atoms with Crippen LogP contribution in [0.25, 0.3) is 0 Å². The highest BCUT2D eigenvalue weighted by Gasteiger charge is 2.32. The molecular weight excluding hydrogens is 266 g/mol. The molecule has 1 aliphatic heterocycles. The quantitative estimate of drug-likeness (QED) is 0.595. The van der Waals surface area contributed by atoms with Gasteiger partial charge in [0.25, 0.3) is 0 Å². The van der Waals surface area contributed by atoms with Gasteiger partial charge >= 0.3 is 0 Å². The van der Waals surface area contributed by atoms with Gasteiger partial charge in [0.2, 0.25) is 0 Å². The zero-order valence-corrected chi connectivity index (χ0v) is 12.2. The molecule has 0 saturated carbocycles. The predicted octanol–water partition coefficient (Wildman–Crippen LogP) is 0.00234. The van der Waals surface area contributed by atoms with Gasteiger partial charge in [0.15, 0.2) is 9.84 Å². The number of nitrogens with one attached hydrogen (secondary N) is 1. The summed E-state index contributed by atoms with van der Waals surface area (Å²) < 4.78 is 23.1. The minimum atomic E-state index is -2.91. The third-order valence-electron chi connectivity index (χ3n) is 3.46. The second-order valence-electron chi connectivity index (χ2n) is 4.88. The van der Waals surface area contributed by atoms with Gasteiger partial charge in [-0.2, -0.15) is 0 Å². The van der Waals surface area contributed by atoms with Crippen LogP contribution >= 0.6 is 0 Å². The van der Waals surface area contributed by atoms with E-state index in [2.05, 4.69) is 15.4 Å². The number of hydrogen-bond acceptors (Lipinski definition) is 7. The number of anilines is 2. The largest absolute Gasteiger partial charge is 0.355 e. The second-order valence-corrected chi connectivity index (χ2v) is 7.11. The Bertz CT molecular complexity index is 587. The fraction of sp³-hybridized carbons (Fsp3) is 0.636. The molecule has 1 aromatic heterocycles. The van der Waals surface area contributed by atoms with E-state index >= 15 is 0 Å². The number of nitrogen functional groups attached to an aromatic ring is 1. The van der Waals surface area contributed by atoms with Crippen LogP contribution in [0.15, 0.2) is 0 Å². The van der Waals surface area contributed by atoms with Gasteiger partial charge in [-0.15, -0.1) is 0 Å². The van der Waals surface area contributed by atoms with Crippen molar-refractivity contribution in [3.63, 3.8) is 0 Å². The molecule has 2 rings (SSSR count). The van der Waals surface area contributed by atoms with E-state index in [-0.39, 0.29) is 17.5 Å². The monoisotopic (exact) mass is 285 g/mol. The molecule has 1 fully saturated rings. The summed E-state index contributed by atoms with van der Waals surface area (Å²) in [5.41, 5.74) is 3.36. The van der Waals surface area contributed by atoms with Crippen LogP contribution in [0.4, 0.5) is 11.6 Å². The summed E-state index contributed by atoms with van der Waals surface area (Å²) in [6, 6.07) is -0.0383. The van der Waals surface area contributed by atoms with E-state index in [1.165, 1.54) is 0 Å². The van der Waals surface area contributed by atoms with Crippen molar-refractivity contribution in [2.24, 2.45) is 5.84 Å². The van der Waals surface area contributed by atoms with Crippen LogP contribution < -0.4 is 16.2 Å². The molecule has 7 nitrogen and oxygen atoms in total. The summed E-state index contributed by atoms with van der Waals surface area (Å²) in [4.78, 5) is 10.5. The van der Waals surface area contributed by atoms with E-state index in [4.69, 9.17) is 5.84 Å². The van der Waals surface area contributed by atoms with E-state index in [1.807, 2.05) is 18.9 Å². The molecule has 0 radical (unpaired) electrons. The molecule has 106 valence electrons. The van der Waals surface area contributed by atoms with Crippen molar-refractivity contribution in [2.75, 3.05) is 28.9 Å². The summed E-state index contributed by atoms with van der Waals surface area (Å²) in [5.74, 6) is 7.74. The highest BCUT2D eigenvalue weighted by molar-refractivity contribution is 7.91. The van der Waals surface area contributed by atoms with Gasteiger partial charge in [0.05, 0.1) is 11.5 Å². The molecule has 1 aromatic rings. The lowest BCUT2D eigenvalue weighted by Crippen LogP contribution is -2.34. The Balaban J connectivity index is 2.34. The number of aromatic nitrogens is 2. The molecule has 1 unspecified atom stereocenters. The van der Waals surface area contributed by atoms with Crippen molar-refractivity contribution < 1.29 is 8.42 Å². The number of aryl methyl sites for hydroxylation is 1. The lowest BCUT2D eigenvalue weighted by molar-refractivity contribution is 0.600. The predicted molar refractivity (Wildman–Crippen MR) is 74.8 cm³/mol. The standard InChI is InChI=1S/C11H19N5O2S/c1-7-10(15-12)13-8(2)14-11(7)16(3)9-4-5-19(17,18)6-9/h9H,4-6,12H2,1-3H3,(H,13,14,15). The Morgan fingerprint density at radius 1 is 1.37 bits per heavy atom. The van der Waals surface area contributed by atoms with E-state index in [0.717, 1.165) is 11.4 Å². The number of sulfone groups is 1. The topological polar surface area (TPSA) is 101 Å². The zero-order valence-electron chi connectivity index (χ0n) is 11.3. The summed E-state index contributed by atoms with van der Waals surface area (Å²) in [7, 11) is -1.05. The van der Waals surface area contributed by atoms with Gasteiger partial charge in [-0.05, 0) is 20.3 Å². The number of nitrogens with zero attached hydrogens (tertiary/aromatic N) is 3. The van der Waals surface area contributed by atoms with Crippen LogP contribution in [0.1, 0.15) is 17.8 Å². The fourth-order valence-electron chi connectivity index (χ4n) is 2.35. The van der Waals surface area contributed by atoms with Crippen molar-refractivity contribution in [1.29, 1.82) is 0 Å². The first kappa shape index (κ1) is 14.0. The third-order valence-corrected chi connectivity index (χ3v) is 5.21. The lowest BCUT2D eigenvalue weighted by Gasteiger charge is -2.26. The molecule has 1 atom stereocenters. The molecule has 8 heteroatoms. The van der Waals surface area contributed by atoms with Crippen molar-refractivity contribution >= 4 is 21.5 Å². The molecule has 1 aliphatic rings. The third kappa shape index (κ3) is 2.79. The molecule has 19 heavy (non-hydrogen) atoms. The fourth-order valence-corrected chi connectivity index (χ4v) is 4.13. The molecule has 2 heterocycles. The Morgan fingerprint density at radius 3 is 2.58 bits per heavy atom. The summed E-state index contributed by atoms with van der Waals surface area (Å²) >= 11 is 0. The van der Waals surface area contributed by atoms with Gasteiger partial charge in [0.1, 0.15) is 17.5 Å². The van der Waals surface area contributed by atoms with Crippen LogP contribution in [0.3, 0.4) is 0 Å². The van der Waals surface area contributed by atoms with Crippen LogP contribution in [0.5, 0.6) is 0 Å². The molecule has 0 amide bonds. The average Bonchev–Trinajstić information content (AvgIpc) is 2.71. The maximum atomic E-state index is 11.6. The first-order valence-electron chi connectivity index (χ1n) is 6.09. The smallest absolute Gasteiger partial charge is 0.152 e. The molecular formula is C11H19N5O2S. The molecule has 3 N–H and O–H groups in total. The second kappa shape index (κ2) is 4.93. The molecule has 0 aromatic carbocycles. The number of nitrogens with two attached hydrogens (primary N) is 1. The zero-order chi connectivity index (χ0) is 14.2. The number of rotatable bonds is 3. The van der Waals surface area contributed by atoms with E-state index in [0.29, 0.717) is 18.1 Å². The molecule has 1 saturated heterocycles. The number of hydrogen-bond donors (Lipinski definition) is 2. The van der Waals surface area contributed by atoms with Crippen molar-refractivity contribution in [1.82, 2.24) is 9.97 Å². The van der Waals surface area contributed by atoms with Gasteiger partial charge in [0, 0.05) is 18.7 Å². The molecule has 0 spiro atoms. The van der Waals surface area contributed by atoms with Gasteiger partial charge in [-0.1, -0.05) is 0 Å². The van der Waals surface area contributed by atoms with Crippen molar-refractivity contribution in [2.45, 2.75) is 26.3 Å². The normalized spacial score (nSPS) is 21.4. The Morgan fingerprint density at radius 2 is 2.05 bits per heavy atom. The summed E-state index contributed by atoms with van der Waals surface area (Å²) in [6.07, 6.45) is 0.632.